The van der Waals surface area contributed by atoms with Crippen molar-refractivity contribution in [2.75, 3.05) is 18.8 Å². The van der Waals surface area contributed by atoms with Gasteiger partial charge in [0.25, 0.3) is 0 Å². The monoisotopic (exact) mass is 338 g/mol. The normalized spacial score (nSPS) is 16.5. The van der Waals surface area contributed by atoms with Crippen LogP contribution in [0.25, 0.3) is 0 Å². The number of likely N-dealkylation sites (tertiary alicyclic amines) is 1. The molecule has 0 atom stereocenters. The number of hydrogen-bond donors (Lipinski definition) is 1. The Morgan fingerprint density at radius 1 is 1.22 bits per heavy atom. The summed E-state index contributed by atoms with van der Waals surface area (Å²) in [5.74, 6) is 0.326. The molecule has 1 fully saturated rings. The van der Waals surface area contributed by atoms with E-state index in [9.17, 15) is 13.2 Å². The molecular formula is C17H26N2O3S. The molecule has 6 heteroatoms. The maximum absolute atomic E-state index is 12.3. The van der Waals surface area contributed by atoms with E-state index in [1.807, 2.05) is 42.2 Å². The first-order chi connectivity index (χ1) is 11.0. The van der Waals surface area contributed by atoms with Crippen molar-refractivity contribution in [3.63, 3.8) is 0 Å². The smallest absolute Gasteiger partial charge is 0.222 e. The first-order valence-electron chi connectivity index (χ1n) is 8.32. The minimum atomic E-state index is -3.17. The minimum Gasteiger partial charge on any atom is -0.343 e. The minimum absolute atomic E-state index is 0.0373. The van der Waals surface area contributed by atoms with Crippen LogP contribution in [0.2, 0.25) is 0 Å². The van der Waals surface area contributed by atoms with Gasteiger partial charge >= 0.3 is 0 Å². The van der Waals surface area contributed by atoms with E-state index in [0.29, 0.717) is 38.8 Å². The van der Waals surface area contributed by atoms with E-state index < -0.39 is 10.0 Å². The first kappa shape index (κ1) is 17.9. The molecule has 0 bridgehead atoms. The van der Waals surface area contributed by atoms with E-state index in [2.05, 4.69) is 4.72 Å². The molecule has 1 aromatic carbocycles. The molecule has 1 aromatic rings. The topological polar surface area (TPSA) is 66.5 Å². The van der Waals surface area contributed by atoms with Gasteiger partial charge < -0.3 is 4.90 Å². The van der Waals surface area contributed by atoms with Gasteiger partial charge in [0.15, 0.2) is 0 Å². The number of amides is 1. The van der Waals surface area contributed by atoms with Gasteiger partial charge in [0.1, 0.15) is 0 Å². The van der Waals surface area contributed by atoms with Gasteiger partial charge in [-0.25, -0.2) is 13.1 Å². The van der Waals surface area contributed by atoms with Crippen LogP contribution in [-0.4, -0.2) is 44.1 Å². The molecule has 2 rings (SSSR count). The van der Waals surface area contributed by atoms with Crippen molar-refractivity contribution in [2.45, 2.75) is 45.1 Å². The lowest BCUT2D eigenvalue weighted by Crippen LogP contribution is -2.47. The number of benzene rings is 1. The fraction of sp³-hybridized carbons (Fsp3) is 0.588. The summed E-state index contributed by atoms with van der Waals surface area (Å²) in [4.78, 5) is 14.1. The molecule has 5 nitrogen and oxygen atoms in total. The summed E-state index contributed by atoms with van der Waals surface area (Å²) in [6, 6.07) is 9.95. The maximum Gasteiger partial charge on any atom is 0.222 e. The van der Waals surface area contributed by atoms with Gasteiger partial charge in [-0.15, -0.1) is 0 Å². The van der Waals surface area contributed by atoms with E-state index in [4.69, 9.17) is 0 Å². The molecule has 1 heterocycles. The molecule has 1 aliphatic heterocycles. The molecule has 0 spiro atoms. The fourth-order valence-corrected chi connectivity index (χ4v) is 4.28. The maximum atomic E-state index is 12.3. The highest BCUT2D eigenvalue weighted by Gasteiger charge is 2.25. The van der Waals surface area contributed by atoms with Gasteiger partial charge in [0.05, 0.1) is 5.75 Å². The van der Waals surface area contributed by atoms with Crippen LogP contribution in [0.1, 0.15) is 38.2 Å². The Morgan fingerprint density at radius 3 is 2.48 bits per heavy atom. The van der Waals surface area contributed by atoms with Crippen LogP contribution in [0.5, 0.6) is 0 Å². The zero-order valence-electron chi connectivity index (χ0n) is 13.7. The average molecular weight is 338 g/mol. The largest absolute Gasteiger partial charge is 0.343 e. The molecule has 1 aliphatic rings. The van der Waals surface area contributed by atoms with Crippen molar-refractivity contribution in [1.82, 2.24) is 9.62 Å². The highest BCUT2D eigenvalue weighted by molar-refractivity contribution is 7.89. The number of aryl methyl sites for hydroxylation is 1. The molecule has 1 N–H and O–H groups in total. The first-order valence-corrected chi connectivity index (χ1v) is 9.97. The van der Waals surface area contributed by atoms with Crippen LogP contribution in [0.4, 0.5) is 0 Å². The molecular weight excluding hydrogens is 312 g/mol. The van der Waals surface area contributed by atoms with E-state index in [1.165, 1.54) is 5.56 Å². The predicted octanol–water partition coefficient (Wildman–Crippen LogP) is 1.94. The van der Waals surface area contributed by atoms with Crippen LogP contribution in [0, 0.1) is 0 Å². The third-order valence-corrected chi connectivity index (χ3v) is 5.78. The lowest BCUT2D eigenvalue weighted by atomic mass is 10.0. The third-order valence-electron chi connectivity index (χ3n) is 4.14. The van der Waals surface area contributed by atoms with E-state index in [1.54, 1.807) is 0 Å². The summed E-state index contributed by atoms with van der Waals surface area (Å²) in [5, 5.41) is 0. The summed E-state index contributed by atoms with van der Waals surface area (Å²) in [6.45, 7) is 3.12. The van der Waals surface area contributed by atoms with Gasteiger partial charge in [-0.1, -0.05) is 37.3 Å². The lowest BCUT2D eigenvalue weighted by molar-refractivity contribution is -0.132. The molecule has 0 saturated carbocycles. The Labute approximate surface area is 139 Å². The number of sulfonamides is 1. The Balaban J connectivity index is 1.74. The summed E-state index contributed by atoms with van der Waals surface area (Å²) < 4.78 is 26.3. The van der Waals surface area contributed by atoms with E-state index >= 15 is 0 Å². The number of carbonyl (C=O) groups excluding carboxylic acids is 1. The van der Waals surface area contributed by atoms with Crippen LogP contribution in [0.3, 0.4) is 0 Å². The van der Waals surface area contributed by atoms with Crippen molar-refractivity contribution in [1.29, 1.82) is 0 Å². The van der Waals surface area contributed by atoms with Crippen molar-refractivity contribution in [3.05, 3.63) is 35.9 Å². The van der Waals surface area contributed by atoms with Crippen LogP contribution in [0.15, 0.2) is 30.3 Å². The summed E-state index contributed by atoms with van der Waals surface area (Å²) in [7, 11) is -3.17. The van der Waals surface area contributed by atoms with Crippen LogP contribution < -0.4 is 4.72 Å². The quantitative estimate of drug-likeness (QED) is 0.826. The fourth-order valence-electron chi connectivity index (χ4n) is 2.88. The zero-order chi connectivity index (χ0) is 16.7. The standard InChI is InChI=1S/C17H26N2O3S/c1-2-14-23(21,22)18-16-10-12-19(13-11-16)17(20)9-8-15-6-4-3-5-7-15/h3-7,16,18H,2,8-14H2,1H3. The summed E-state index contributed by atoms with van der Waals surface area (Å²) in [6.07, 6.45) is 3.27. The highest BCUT2D eigenvalue weighted by Crippen LogP contribution is 2.14. The summed E-state index contributed by atoms with van der Waals surface area (Å²) in [5.41, 5.74) is 1.17. The molecule has 1 saturated heterocycles. The Bertz CT molecular complexity index is 594. The van der Waals surface area contributed by atoms with Crippen LogP contribution in [-0.2, 0) is 21.2 Å². The number of piperidine rings is 1. The lowest BCUT2D eigenvalue weighted by Gasteiger charge is -2.32. The van der Waals surface area contributed by atoms with Gasteiger partial charge in [-0.05, 0) is 31.2 Å². The second kappa shape index (κ2) is 8.45. The number of hydrogen-bond acceptors (Lipinski definition) is 3. The second-order valence-corrected chi connectivity index (χ2v) is 7.95. The molecule has 0 unspecified atom stereocenters. The van der Waals surface area contributed by atoms with Crippen molar-refractivity contribution >= 4 is 15.9 Å². The molecule has 0 aromatic heterocycles. The molecule has 128 valence electrons. The number of nitrogens with zero attached hydrogens (tertiary/aromatic N) is 1. The molecule has 23 heavy (non-hydrogen) atoms. The van der Waals surface area contributed by atoms with Crippen molar-refractivity contribution in [3.8, 4) is 0 Å². The van der Waals surface area contributed by atoms with Crippen molar-refractivity contribution in [2.24, 2.45) is 0 Å². The molecule has 0 aliphatic carbocycles. The number of nitrogens with one attached hydrogen (secondary N) is 1. The van der Waals surface area contributed by atoms with Gasteiger partial charge in [-0.2, -0.15) is 0 Å². The van der Waals surface area contributed by atoms with Gasteiger partial charge in [0, 0.05) is 25.6 Å². The Kier molecular flexibility index (Phi) is 6.59. The predicted molar refractivity (Wildman–Crippen MR) is 91.6 cm³/mol. The Morgan fingerprint density at radius 2 is 1.87 bits per heavy atom. The Hall–Kier alpha value is -1.40. The number of carbonyl (C=O) groups is 1. The molecule has 1 amide bonds. The van der Waals surface area contributed by atoms with E-state index in [0.717, 1.165) is 6.42 Å². The van der Waals surface area contributed by atoms with Gasteiger partial charge in [0.2, 0.25) is 15.9 Å². The van der Waals surface area contributed by atoms with Gasteiger partial charge in [-0.3, -0.25) is 4.79 Å². The third kappa shape index (κ3) is 5.95. The number of rotatable bonds is 7. The molecule has 0 radical (unpaired) electrons. The summed E-state index contributed by atoms with van der Waals surface area (Å²) >= 11 is 0. The van der Waals surface area contributed by atoms with E-state index in [-0.39, 0.29) is 17.7 Å². The second-order valence-electron chi connectivity index (χ2n) is 6.08. The zero-order valence-corrected chi connectivity index (χ0v) is 14.5. The van der Waals surface area contributed by atoms with Crippen LogP contribution >= 0.6 is 0 Å². The van der Waals surface area contributed by atoms with Crippen molar-refractivity contribution < 1.29 is 13.2 Å². The highest BCUT2D eigenvalue weighted by atomic mass is 32.2. The SMILES string of the molecule is CCCS(=O)(=O)NC1CCN(C(=O)CCc2ccccc2)CC1. The average Bonchev–Trinajstić information content (AvgIpc) is 2.54.